The van der Waals surface area contributed by atoms with Gasteiger partial charge in [-0.15, -0.1) is 11.3 Å². The molecule has 3 N–H and O–H groups in total. The van der Waals surface area contributed by atoms with Crippen LogP contribution in [0.15, 0.2) is 24.4 Å². The second kappa shape index (κ2) is 12.2. The van der Waals surface area contributed by atoms with Crippen LogP contribution in [0, 0.1) is 12.8 Å². The Kier molecular flexibility index (Phi) is 9.29. The lowest BCUT2D eigenvalue weighted by atomic mass is 9.97. The van der Waals surface area contributed by atoms with Gasteiger partial charge in [0.25, 0.3) is 5.91 Å². The number of hydrogen-bond donors (Lipinski definition) is 3. The Morgan fingerprint density at radius 2 is 2.00 bits per heavy atom. The normalized spacial score (nSPS) is 15.4. The number of nitrogens with zero attached hydrogens (tertiary/aromatic N) is 1. The topological polar surface area (TPSA) is 109 Å². The highest BCUT2D eigenvalue weighted by atomic mass is 35.5. The molecule has 1 aliphatic carbocycles. The lowest BCUT2D eigenvalue weighted by Crippen LogP contribution is -2.48. The molecule has 0 aliphatic heterocycles. The summed E-state index contributed by atoms with van der Waals surface area (Å²) in [6, 6.07) is 4.70. The van der Waals surface area contributed by atoms with Crippen LogP contribution in [0.5, 0.6) is 0 Å². The molecule has 8 nitrogen and oxygen atoms in total. The van der Waals surface area contributed by atoms with E-state index < -0.39 is 12.0 Å². The van der Waals surface area contributed by atoms with E-state index in [-0.39, 0.29) is 24.4 Å². The zero-order chi connectivity index (χ0) is 24.7. The first-order valence-electron chi connectivity index (χ1n) is 11.4. The van der Waals surface area contributed by atoms with E-state index in [4.69, 9.17) is 11.6 Å². The van der Waals surface area contributed by atoms with E-state index in [1.807, 2.05) is 26.0 Å². The molecule has 0 bridgehead atoms. The summed E-state index contributed by atoms with van der Waals surface area (Å²) in [5.41, 5.74) is 1.66. The summed E-state index contributed by atoms with van der Waals surface area (Å²) in [6.45, 7) is 3.67. The SMILES string of the molecule is COC(=O)CNC(=O)C(CC1CCCC1)NC(=O)c1ccc(C(C)Nc2cc(Cl)cnc2C)s1. The molecule has 2 heterocycles. The number of anilines is 1. The van der Waals surface area contributed by atoms with Crippen molar-refractivity contribution >= 4 is 46.4 Å². The standard InChI is InChI=1S/C24H31ClN4O4S/c1-14-18(11-17(25)12-26-14)28-15(2)20-8-9-21(34-20)24(32)29-19(10-16-6-4-5-7-16)23(31)27-13-22(30)33-3/h8-9,11-12,15-16,19,28H,4-7,10,13H2,1-3H3,(H,27,31)(H,29,32). The molecule has 3 rings (SSSR count). The second-order valence-electron chi connectivity index (χ2n) is 8.56. The molecule has 1 saturated carbocycles. The highest BCUT2D eigenvalue weighted by Crippen LogP contribution is 2.30. The van der Waals surface area contributed by atoms with Gasteiger partial charge in [0.1, 0.15) is 12.6 Å². The smallest absolute Gasteiger partial charge is 0.325 e. The van der Waals surface area contributed by atoms with Gasteiger partial charge in [0.2, 0.25) is 5.91 Å². The third kappa shape index (κ3) is 7.17. The maximum Gasteiger partial charge on any atom is 0.325 e. The number of carbonyl (C=O) groups is 3. The number of aryl methyl sites for hydroxylation is 1. The lowest BCUT2D eigenvalue weighted by Gasteiger charge is -2.21. The first kappa shape index (κ1) is 26.0. The summed E-state index contributed by atoms with van der Waals surface area (Å²) >= 11 is 7.43. The molecule has 0 saturated heterocycles. The van der Waals surface area contributed by atoms with Gasteiger partial charge in [-0.2, -0.15) is 0 Å². The maximum atomic E-state index is 13.0. The molecule has 1 fully saturated rings. The lowest BCUT2D eigenvalue weighted by molar-refractivity contribution is -0.141. The summed E-state index contributed by atoms with van der Waals surface area (Å²) in [7, 11) is 1.26. The van der Waals surface area contributed by atoms with Crippen molar-refractivity contribution < 1.29 is 19.1 Å². The quantitative estimate of drug-likeness (QED) is 0.416. The minimum atomic E-state index is -0.707. The van der Waals surface area contributed by atoms with E-state index in [1.54, 1.807) is 12.3 Å². The van der Waals surface area contributed by atoms with Crippen LogP contribution in [0.2, 0.25) is 5.02 Å². The molecular formula is C24H31ClN4O4S. The van der Waals surface area contributed by atoms with Crippen molar-refractivity contribution in [2.24, 2.45) is 5.92 Å². The molecule has 10 heteroatoms. The highest BCUT2D eigenvalue weighted by molar-refractivity contribution is 7.14. The zero-order valence-electron chi connectivity index (χ0n) is 19.7. The first-order chi connectivity index (χ1) is 16.3. The summed E-state index contributed by atoms with van der Waals surface area (Å²) < 4.78 is 4.59. The summed E-state index contributed by atoms with van der Waals surface area (Å²) in [4.78, 5) is 42.9. The first-order valence-corrected chi connectivity index (χ1v) is 12.6. The molecule has 184 valence electrons. The second-order valence-corrected chi connectivity index (χ2v) is 10.1. The predicted octanol–water partition coefficient (Wildman–Crippen LogP) is 4.25. The van der Waals surface area contributed by atoms with Crippen molar-refractivity contribution in [2.45, 2.75) is 58.0 Å². The Morgan fingerprint density at radius 3 is 2.71 bits per heavy atom. The number of pyridine rings is 1. The van der Waals surface area contributed by atoms with E-state index in [1.165, 1.54) is 18.4 Å². The Morgan fingerprint density at radius 1 is 1.26 bits per heavy atom. The van der Waals surface area contributed by atoms with Crippen LogP contribution in [-0.4, -0.2) is 42.5 Å². The number of carbonyl (C=O) groups excluding carboxylic acids is 3. The van der Waals surface area contributed by atoms with Crippen molar-refractivity contribution in [2.75, 3.05) is 19.0 Å². The summed E-state index contributed by atoms with van der Waals surface area (Å²) in [5, 5.41) is 9.38. The van der Waals surface area contributed by atoms with Gasteiger partial charge in [-0.25, -0.2) is 0 Å². The number of thiophene rings is 1. The monoisotopic (exact) mass is 506 g/mol. The number of esters is 1. The van der Waals surface area contributed by atoms with Gasteiger partial charge < -0.3 is 20.7 Å². The Hall–Kier alpha value is -2.65. The zero-order valence-corrected chi connectivity index (χ0v) is 21.2. The molecule has 2 atom stereocenters. The number of ether oxygens (including phenoxy) is 1. The van der Waals surface area contributed by atoms with Crippen LogP contribution in [-0.2, 0) is 14.3 Å². The van der Waals surface area contributed by atoms with E-state index in [9.17, 15) is 14.4 Å². The number of amides is 2. The van der Waals surface area contributed by atoms with Crippen molar-refractivity contribution in [3.8, 4) is 0 Å². The Balaban J connectivity index is 1.65. The minimum absolute atomic E-state index is 0.0665. The number of nitrogens with one attached hydrogen (secondary N) is 3. The fourth-order valence-corrected chi connectivity index (χ4v) is 5.13. The van der Waals surface area contributed by atoms with Gasteiger partial charge in [-0.1, -0.05) is 37.3 Å². The number of methoxy groups -OCH3 is 1. The van der Waals surface area contributed by atoms with Crippen molar-refractivity contribution in [1.82, 2.24) is 15.6 Å². The van der Waals surface area contributed by atoms with E-state index >= 15 is 0 Å². The third-order valence-electron chi connectivity index (χ3n) is 6.00. The number of aromatic nitrogens is 1. The molecule has 0 aromatic carbocycles. The van der Waals surface area contributed by atoms with Crippen molar-refractivity contribution in [3.05, 3.63) is 44.9 Å². The molecule has 0 radical (unpaired) electrons. The van der Waals surface area contributed by atoms with E-state index in [0.717, 1.165) is 41.9 Å². The predicted molar refractivity (Wildman–Crippen MR) is 133 cm³/mol. The average molecular weight is 507 g/mol. The van der Waals surface area contributed by atoms with E-state index in [0.29, 0.717) is 22.2 Å². The van der Waals surface area contributed by atoms with Crippen LogP contribution >= 0.6 is 22.9 Å². The molecule has 0 spiro atoms. The molecule has 1 aliphatic rings. The van der Waals surface area contributed by atoms with Gasteiger partial charge in [-0.05, 0) is 44.4 Å². The number of rotatable bonds is 10. The molecule has 2 unspecified atom stereocenters. The van der Waals surface area contributed by atoms with Crippen LogP contribution in [0.3, 0.4) is 0 Å². The highest BCUT2D eigenvalue weighted by Gasteiger charge is 2.28. The van der Waals surface area contributed by atoms with Gasteiger partial charge in [0, 0.05) is 11.1 Å². The molecule has 2 aromatic rings. The van der Waals surface area contributed by atoms with Gasteiger partial charge in [-0.3, -0.25) is 19.4 Å². The minimum Gasteiger partial charge on any atom is -0.468 e. The summed E-state index contributed by atoms with van der Waals surface area (Å²) in [5.74, 6) is -0.831. The number of hydrogen-bond acceptors (Lipinski definition) is 7. The fourth-order valence-electron chi connectivity index (χ4n) is 4.06. The van der Waals surface area contributed by atoms with Crippen molar-refractivity contribution in [3.63, 3.8) is 0 Å². The Bertz CT molecular complexity index is 1020. The van der Waals surface area contributed by atoms with Crippen LogP contribution in [0.25, 0.3) is 0 Å². The molecular weight excluding hydrogens is 476 g/mol. The third-order valence-corrected chi connectivity index (χ3v) is 7.48. The Labute approximate surface area is 208 Å². The number of halogens is 1. The summed E-state index contributed by atoms with van der Waals surface area (Å²) in [6.07, 6.45) is 6.51. The fraction of sp³-hybridized carbons (Fsp3) is 0.500. The molecule has 2 aromatic heterocycles. The van der Waals surface area contributed by atoms with E-state index in [2.05, 4.69) is 25.7 Å². The van der Waals surface area contributed by atoms with Crippen molar-refractivity contribution in [1.29, 1.82) is 0 Å². The van der Waals surface area contributed by atoms with Crippen LogP contribution < -0.4 is 16.0 Å². The average Bonchev–Trinajstić information content (AvgIpc) is 3.51. The van der Waals surface area contributed by atoms with Gasteiger partial charge in [0.15, 0.2) is 0 Å². The maximum absolute atomic E-state index is 13.0. The van der Waals surface area contributed by atoms with Crippen LogP contribution in [0.1, 0.15) is 65.3 Å². The van der Waals surface area contributed by atoms with Crippen LogP contribution in [0.4, 0.5) is 5.69 Å². The molecule has 34 heavy (non-hydrogen) atoms. The van der Waals surface area contributed by atoms with Gasteiger partial charge in [0.05, 0.1) is 34.4 Å². The largest absolute Gasteiger partial charge is 0.468 e. The van der Waals surface area contributed by atoms with Gasteiger partial charge >= 0.3 is 5.97 Å². The molecule has 2 amide bonds.